The summed E-state index contributed by atoms with van der Waals surface area (Å²) >= 11 is 0. The van der Waals surface area contributed by atoms with Crippen LogP contribution in [0.15, 0.2) is 17.2 Å². The Kier molecular flexibility index (Phi) is 4.88. The van der Waals surface area contributed by atoms with Gasteiger partial charge in [0.25, 0.3) is 0 Å². The zero-order valence-electron chi connectivity index (χ0n) is 12.5. The Labute approximate surface area is 121 Å². The molecule has 0 aromatic carbocycles. The lowest BCUT2D eigenvalue weighted by atomic mass is 10.3. The molecule has 0 amide bonds. The van der Waals surface area contributed by atoms with Crippen LogP contribution in [0.3, 0.4) is 0 Å². The van der Waals surface area contributed by atoms with Crippen molar-refractivity contribution in [2.75, 3.05) is 13.1 Å². The zero-order valence-corrected chi connectivity index (χ0v) is 13.3. The molecule has 1 aliphatic rings. The quantitative estimate of drug-likeness (QED) is 0.714. The van der Waals surface area contributed by atoms with Crippen molar-refractivity contribution in [2.24, 2.45) is 18.9 Å². The molecule has 114 valence electrons. The van der Waals surface area contributed by atoms with Crippen LogP contribution in [-0.2, 0) is 23.6 Å². The van der Waals surface area contributed by atoms with Gasteiger partial charge in [-0.25, -0.2) is 13.1 Å². The molecule has 1 aromatic rings. The average Bonchev–Trinajstić information content (AvgIpc) is 2.97. The fraction of sp³-hybridized carbons (Fsp3) is 0.714. The lowest BCUT2D eigenvalue weighted by Gasteiger charge is -2.03. The summed E-state index contributed by atoms with van der Waals surface area (Å²) in [6.07, 6.45) is 3.88. The van der Waals surface area contributed by atoms with Gasteiger partial charge >= 0.3 is 0 Å². The molecule has 6 heteroatoms. The molecule has 1 fully saturated rings. The molecule has 1 aromatic heterocycles. The van der Waals surface area contributed by atoms with Gasteiger partial charge in [0.1, 0.15) is 0 Å². The third kappa shape index (κ3) is 3.84. The highest BCUT2D eigenvalue weighted by molar-refractivity contribution is 7.89. The van der Waals surface area contributed by atoms with E-state index >= 15 is 0 Å². The summed E-state index contributed by atoms with van der Waals surface area (Å²) in [5, 5.41) is 3.29. The van der Waals surface area contributed by atoms with E-state index in [9.17, 15) is 8.42 Å². The first-order valence-corrected chi connectivity index (χ1v) is 8.78. The summed E-state index contributed by atoms with van der Waals surface area (Å²) in [6.45, 7) is 6.45. The monoisotopic (exact) mass is 299 g/mol. The van der Waals surface area contributed by atoms with Gasteiger partial charge in [-0.1, -0.05) is 13.8 Å². The first-order chi connectivity index (χ1) is 9.44. The van der Waals surface area contributed by atoms with Crippen LogP contribution in [0.4, 0.5) is 0 Å². The Bertz CT molecular complexity index is 551. The van der Waals surface area contributed by atoms with E-state index in [1.54, 1.807) is 12.3 Å². The fourth-order valence-electron chi connectivity index (χ4n) is 2.28. The van der Waals surface area contributed by atoms with Crippen molar-refractivity contribution in [3.63, 3.8) is 0 Å². The smallest absolute Gasteiger partial charge is 0.242 e. The van der Waals surface area contributed by atoms with Crippen LogP contribution in [0.2, 0.25) is 0 Å². The first kappa shape index (κ1) is 15.5. The lowest BCUT2D eigenvalue weighted by molar-refractivity contribution is 0.574. The molecule has 2 N–H and O–H groups in total. The molecule has 1 saturated carbocycles. The van der Waals surface area contributed by atoms with Crippen molar-refractivity contribution in [1.29, 1.82) is 0 Å². The van der Waals surface area contributed by atoms with Gasteiger partial charge < -0.3 is 9.88 Å². The second-order valence-electron chi connectivity index (χ2n) is 5.78. The lowest BCUT2D eigenvalue weighted by Crippen LogP contribution is -2.25. The maximum atomic E-state index is 12.2. The topological polar surface area (TPSA) is 63.1 Å². The molecule has 1 aliphatic carbocycles. The molecule has 2 atom stereocenters. The molecule has 0 aliphatic heterocycles. The molecule has 20 heavy (non-hydrogen) atoms. The van der Waals surface area contributed by atoms with E-state index in [1.165, 1.54) is 0 Å². The van der Waals surface area contributed by atoms with Crippen LogP contribution >= 0.6 is 0 Å². The summed E-state index contributed by atoms with van der Waals surface area (Å²) in [5.41, 5.74) is 0.985. The van der Waals surface area contributed by atoms with Crippen LogP contribution in [0.25, 0.3) is 0 Å². The van der Waals surface area contributed by atoms with Crippen LogP contribution in [-0.4, -0.2) is 26.1 Å². The molecule has 5 nitrogen and oxygen atoms in total. The van der Waals surface area contributed by atoms with Gasteiger partial charge in [-0.3, -0.25) is 0 Å². The van der Waals surface area contributed by atoms with Gasteiger partial charge in [0.15, 0.2) is 0 Å². The van der Waals surface area contributed by atoms with E-state index in [-0.39, 0.29) is 0 Å². The van der Waals surface area contributed by atoms with Crippen LogP contribution in [0.5, 0.6) is 0 Å². The predicted molar refractivity (Wildman–Crippen MR) is 79.9 cm³/mol. The second-order valence-corrected chi connectivity index (χ2v) is 7.55. The number of aromatic nitrogens is 1. The van der Waals surface area contributed by atoms with E-state index < -0.39 is 10.0 Å². The Morgan fingerprint density at radius 3 is 2.75 bits per heavy atom. The molecule has 1 heterocycles. The average molecular weight is 299 g/mol. The molecule has 2 rings (SSSR count). The van der Waals surface area contributed by atoms with Gasteiger partial charge in [-0.15, -0.1) is 0 Å². The van der Waals surface area contributed by atoms with Gasteiger partial charge in [0.2, 0.25) is 10.0 Å². The second kappa shape index (κ2) is 6.28. The standard InChI is InChI=1S/C14H25N3O2S/c1-4-5-15-9-13-7-14(10-17(13)3)20(18,19)16-8-12-6-11(12)2/h7,10-12,15-16H,4-6,8-9H2,1-3H3. The molecule has 0 radical (unpaired) electrons. The number of sulfonamides is 1. The number of hydrogen-bond acceptors (Lipinski definition) is 3. The fourth-order valence-corrected chi connectivity index (χ4v) is 3.46. The Morgan fingerprint density at radius 1 is 1.45 bits per heavy atom. The minimum absolute atomic E-state index is 0.363. The third-order valence-corrected chi connectivity index (χ3v) is 5.33. The summed E-state index contributed by atoms with van der Waals surface area (Å²) in [6, 6.07) is 1.75. The highest BCUT2D eigenvalue weighted by Crippen LogP contribution is 2.37. The zero-order chi connectivity index (χ0) is 14.8. The van der Waals surface area contributed by atoms with Gasteiger partial charge in [-0.2, -0.15) is 0 Å². The molecular weight excluding hydrogens is 274 g/mol. The largest absolute Gasteiger partial charge is 0.352 e. The van der Waals surface area contributed by atoms with Crippen molar-refractivity contribution in [3.05, 3.63) is 18.0 Å². The van der Waals surface area contributed by atoms with E-state index in [1.807, 2.05) is 11.6 Å². The van der Waals surface area contributed by atoms with Gasteiger partial charge in [-0.05, 0) is 37.3 Å². The molecule has 2 unspecified atom stereocenters. The van der Waals surface area contributed by atoms with Gasteiger partial charge in [0, 0.05) is 32.0 Å². The van der Waals surface area contributed by atoms with Gasteiger partial charge in [0.05, 0.1) is 4.90 Å². The maximum Gasteiger partial charge on any atom is 0.242 e. The first-order valence-electron chi connectivity index (χ1n) is 7.29. The maximum absolute atomic E-state index is 12.2. The Morgan fingerprint density at radius 2 is 2.15 bits per heavy atom. The summed E-state index contributed by atoms with van der Waals surface area (Å²) in [4.78, 5) is 0.363. The highest BCUT2D eigenvalue weighted by atomic mass is 32.2. The molecular formula is C14H25N3O2S. The van der Waals surface area contributed by atoms with Crippen molar-refractivity contribution in [2.45, 2.75) is 38.1 Å². The highest BCUT2D eigenvalue weighted by Gasteiger charge is 2.33. The summed E-state index contributed by atoms with van der Waals surface area (Å²) in [5.74, 6) is 1.17. The predicted octanol–water partition coefficient (Wildman–Crippen LogP) is 1.46. The Hall–Kier alpha value is -0.850. The van der Waals surface area contributed by atoms with Crippen molar-refractivity contribution in [3.8, 4) is 0 Å². The van der Waals surface area contributed by atoms with E-state index in [2.05, 4.69) is 23.9 Å². The SMILES string of the molecule is CCCNCc1cc(S(=O)(=O)NCC2CC2C)cn1C. The minimum atomic E-state index is -3.37. The molecule has 0 spiro atoms. The minimum Gasteiger partial charge on any atom is -0.352 e. The number of aryl methyl sites for hydroxylation is 1. The van der Waals surface area contributed by atoms with E-state index in [0.717, 1.165) is 25.1 Å². The third-order valence-electron chi connectivity index (χ3n) is 3.94. The van der Waals surface area contributed by atoms with Crippen molar-refractivity contribution in [1.82, 2.24) is 14.6 Å². The number of rotatable bonds is 8. The van der Waals surface area contributed by atoms with Crippen molar-refractivity contribution >= 4 is 10.0 Å². The molecule has 0 saturated heterocycles. The normalized spacial score (nSPS) is 22.1. The van der Waals surface area contributed by atoms with Crippen LogP contribution < -0.4 is 10.0 Å². The van der Waals surface area contributed by atoms with E-state index in [0.29, 0.717) is 29.8 Å². The summed E-state index contributed by atoms with van der Waals surface area (Å²) < 4.78 is 29.0. The number of nitrogens with zero attached hydrogens (tertiary/aromatic N) is 1. The molecule has 0 bridgehead atoms. The Balaban J connectivity index is 1.98. The number of nitrogens with one attached hydrogen (secondary N) is 2. The van der Waals surface area contributed by atoms with Crippen molar-refractivity contribution < 1.29 is 8.42 Å². The number of hydrogen-bond donors (Lipinski definition) is 2. The van der Waals surface area contributed by atoms with Crippen LogP contribution in [0, 0.1) is 11.8 Å². The van der Waals surface area contributed by atoms with E-state index in [4.69, 9.17) is 0 Å². The van der Waals surface area contributed by atoms with Crippen LogP contribution in [0.1, 0.15) is 32.4 Å². The summed E-state index contributed by atoms with van der Waals surface area (Å²) in [7, 11) is -1.49.